The van der Waals surface area contributed by atoms with Crippen molar-refractivity contribution in [2.75, 3.05) is 19.0 Å². The second-order valence-corrected chi connectivity index (χ2v) is 10.5. The third-order valence-corrected chi connectivity index (χ3v) is 8.23. The first kappa shape index (κ1) is 21.3. The zero-order chi connectivity index (χ0) is 22.5. The summed E-state index contributed by atoms with van der Waals surface area (Å²) < 4.78 is 36.7. The summed E-state index contributed by atoms with van der Waals surface area (Å²) in [6.45, 7) is 3.16. The third kappa shape index (κ3) is 3.55. The molecule has 0 fully saturated rings. The minimum Gasteiger partial charge on any atom is -0.477 e. The molecule has 0 saturated heterocycles. The SMILES string of the molecule is COC(C)C1CCc2cc3c(c(NC(=O)NS(=N)(=O)c4cnn5c4OCCC5)c21)CCC3. The molecule has 0 bridgehead atoms. The smallest absolute Gasteiger partial charge is 0.331 e. The van der Waals surface area contributed by atoms with Crippen molar-refractivity contribution in [2.45, 2.75) is 68.9 Å². The lowest BCUT2D eigenvalue weighted by Gasteiger charge is -2.24. The number of benzene rings is 1. The van der Waals surface area contributed by atoms with E-state index < -0.39 is 15.9 Å². The van der Waals surface area contributed by atoms with Crippen LogP contribution in [0.3, 0.4) is 0 Å². The predicted octanol–water partition coefficient (Wildman–Crippen LogP) is 3.36. The van der Waals surface area contributed by atoms with Gasteiger partial charge in [-0.2, -0.15) is 5.10 Å². The van der Waals surface area contributed by atoms with Crippen molar-refractivity contribution < 1.29 is 18.5 Å². The summed E-state index contributed by atoms with van der Waals surface area (Å²) >= 11 is 0. The molecule has 1 aromatic heterocycles. The Labute approximate surface area is 188 Å². The number of nitrogens with one attached hydrogen (secondary N) is 3. The molecule has 10 heteroatoms. The monoisotopic (exact) mass is 459 g/mol. The van der Waals surface area contributed by atoms with Crippen molar-refractivity contribution in [3.63, 3.8) is 0 Å². The lowest BCUT2D eigenvalue weighted by molar-refractivity contribution is 0.0944. The molecular weight excluding hydrogens is 430 g/mol. The molecule has 3 aliphatic rings. The first-order chi connectivity index (χ1) is 15.4. The van der Waals surface area contributed by atoms with Crippen LogP contribution in [0, 0.1) is 4.78 Å². The quantitative estimate of drug-likeness (QED) is 0.634. The van der Waals surface area contributed by atoms with Crippen molar-refractivity contribution >= 4 is 21.6 Å². The molecule has 9 nitrogen and oxygen atoms in total. The fourth-order valence-corrected chi connectivity index (χ4v) is 6.28. The second kappa shape index (κ2) is 8.08. The number of rotatable bonds is 5. The molecule has 0 saturated carbocycles. The zero-order valence-electron chi connectivity index (χ0n) is 18.4. The highest BCUT2D eigenvalue weighted by atomic mass is 32.2. The topological polar surface area (TPSA) is 118 Å². The molecule has 2 aromatic rings. The number of hydrogen-bond acceptors (Lipinski definition) is 6. The molecule has 0 radical (unpaired) electrons. The van der Waals surface area contributed by atoms with E-state index >= 15 is 0 Å². The summed E-state index contributed by atoms with van der Waals surface area (Å²) in [5, 5.41) is 7.13. The molecule has 0 spiro atoms. The third-order valence-electron chi connectivity index (χ3n) is 6.86. The average molecular weight is 460 g/mol. The van der Waals surface area contributed by atoms with E-state index in [1.807, 2.05) is 0 Å². The maximum Gasteiger partial charge on any atom is 0.331 e. The molecule has 3 N–H and O–H groups in total. The summed E-state index contributed by atoms with van der Waals surface area (Å²) in [5.41, 5.74) is 5.60. The molecule has 1 aromatic carbocycles. The molecule has 172 valence electrons. The molecule has 32 heavy (non-hydrogen) atoms. The molecule has 2 heterocycles. The number of anilines is 1. The van der Waals surface area contributed by atoms with Crippen LogP contribution in [-0.4, -0.2) is 39.8 Å². The van der Waals surface area contributed by atoms with Gasteiger partial charge in [0.15, 0.2) is 9.92 Å². The van der Waals surface area contributed by atoms with Crippen molar-refractivity contribution in [3.05, 3.63) is 34.5 Å². The normalized spacial score (nSPS) is 21.6. The number of aromatic nitrogens is 2. The summed E-state index contributed by atoms with van der Waals surface area (Å²) in [6.07, 6.45) is 7.04. The van der Waals surface area contributed by atoms with Crippen LogP contribution in [0.2, 0.25) is 0 Å². The summed E-state index contributed by atoms with van der Waals surface area (Å²) in [6, 6.07) is 1.63. The Bertz CT molecular complexity index is 1170. The van der Waals surface area contributed by atoms with E-state index in [2.05, 4.69) is 28.1 Å². The van der Waals surface area contributed by atoms with E-state index in [4.69, 9.17) is 14.3 Å². The van der Waals surface area contributed by atoms with Gasteiger partial charge < -0.3 is 14.8 Å². The average Bonchev–Trinajstić information content (AvgIpc) is 3.50. The van der Waals surface area contributed by atoms with E-state index in [1.54, 1.807) is 11.8 Å². The summed E-state index contributed by atoms with van der Waals surface area (Å²) in [7, 11) is -1.93. The van der Waals surface area contributed by atoms with Crippen molar-refractivity contribution in [2.24, 2.45) is 0 Å². The molecule has 2 amide bonds. The van der Waals surface area contributed by atoms with Crippen molar-refractivity contribution in [3.8, 4) is 5.88 Å². The molecule has 3 atom stereocenters. The van der Waals surface area contributed by atoms with Gasteiger partial charge in [0.1, 0.15) is 4.90 Å². The number of ether oxygens (including phenoxy) is 2. The zero-order valence-corrected chi connectivity index (χ0v) is 19.2. The first-order valence-electron chi connectivity index (χ1n) is 11.2. The van der Waals surface area contributed by atoms with Crippen LogP contribution in [0.25, 0.3) is 0 Å². The van der Waals surface area contributed by atoms with Gasteiger partial charge in [0.25, 0.3) is 0 Å². The Morgan fingerprint density at radius 2 is 2.19 bits per heavy atom. The first-order valence-corrected chi connectivity index (χ1v) is 12.7. The number of aryl methyl sites for hydroxylation is 3. The van der Waals surface area contributed by atoms with Gasteiger partial charge in [-0.15, -0.1) is 0 Å². The van der Waals surface area contributed by atoms with Crippen LogP contribution >= 0.6 is 0 Å². The van der Waals surface area contributed by atoms with E-state index in [0.717, 1.165) is 55.3 Å². The van der Waals surface area contributed by atoms with Crippen LogP contribution in [0.15, 0.2) is 17.2 Å². The number of nitrogens with zero attached hydrogens (tertiary/aromatic N) is 2. The minimum atomic E-state index is -3.64. The summed E-state index contributed by atoms with van der Waals surface area (Å²) in [4.78, 5) is 13.1. The highest BCUT2D eigenvalue weighted by Crippen LogP contribution is 2.45. The van der Waals surface area contributed by atoms with Crippen LogP contribution in [0.5, 0.6) is 5.88 Å². The molecule has 1 aliphatic heterocycles. The van der Waals surface area contributed by atoms with Crippen LogP contribution in [0.1, 0.15) is 54.4 Å². The summed E-state index contributed by atoms with van der Waals surface area (Å²) in [5.74, 6) is 0.486. The minimum absolute atomic E-state index is 0.0239. The Kier molecular flexibility index (Phi) is 5.37. The Balaban J connectivity index is 1.44. The number of methoxy groups -OCH3 is 1. The van der Waals surface area contributed by atoms with Gasteiger partial charge in [-0.3, -0.25) is 0 Å². The predicted molar refractivity (Wildman–Crippen MR) is 120 cm³/mol. The number of carbonyl (C=O) groups is 1. The number of amides is 2. The van der Waals surface area contributed by atoms with E-state index in [9.17, 15) is 9.00 Å². The number of carbonyl (C=O) groups excluding carboxylic acids is 1. The highest BCUT2D eigenvalue weighted by Gasteiger charge is 2.34. The molecule has 5 rings (SSSR count). The van der Waals surface area contributed by atoms with Gasteiger partial charge in [-0.05, 0) is 61.3 Å². The fraction of sp³-hybridized carbons (Fsp3) is 0.545. The molecule has 2 aliphatic carbocycles. The second-order valence-electron chi connectivity index (χ2n) is 8.75. The van der Waals surface area contributed by atoms with Crippen molar-refractivity contribution in [1.29, 1.82) is 4.78 Å². The van der Waals surface area contributed by atoms with E-state index in [1.165, 1.54) is 17.3 Å². The molecule has 3 unspecified atom stereocenters. The van der Waals surface area contributed by atoms with Gasteiger partial charge in [-0.1, -0.05) is 6.07 Å². The maximum absolute atomic E-state index is 13.1. The van der Waals surface area contributed by atoms with E-state index in [-0.39, 0.29) is 16.9 Å². The fourth-order valence-electron chi connectivity index (χ4n) is 5.25. The van der Waals surface area contributed by atoms with Gasteiger partial charge >= 0.3 is 6.03 Å². The Morgan fingerprint density at radius 3 is 3.00 bits per heavy atom. The number of hydrogen-bond donors (Lipinski definition) is 3. The largest absolute Gasteiger partial charge is 0.477 e. The van der Waals surface area contributed by atoms with Gasteiger partial charge in [-0.25, -0.2) is 23.2 Å². The maximum atomic E-state index is 13.1. The van der Waals surface area contributed by atoms with E-state index in [0.29, 0.717) is 19.0 Å². The van der Waals surface area contributed by atoms with Crippen LogP contribution < -0.4 is 14.8 Å². The number of urea groups is 1. The lowest BCUT2D eigenvalue weighted by Crippen LogP contribution is -2.34. The van der Waals surface area contributed by atoms with Gasteiger partial charge in [0.2, 0.25) is 5.88 Å². The number of fused-ring (bicyclic) bond motifs is 3. The van der Waals surface area contributed by atoms with Crippen LogP contribution in [-0.2, 0) is 40.5 Å². The van der Waals surface area contributed by atoms with Crippen LogP contribution in [0.4, 0.5) is 10.5 Å². The van der Waals surface area contributed by atoms with Gasteiger partial charge in [0, 0.05) is 31.7 Å². The Hall–Kier alpha value is -2.59. The van der Waals surface area contributed by atoms with Gasteiger partial charge in [0.05, 0.1) is 18.9 Å². The highest BCUT2D eigenvalue weighted by molar-refractivity contribution is 7.91. The standard InChI is InChI=1S/C22H29N5O4S/c1-13(30-2)16-8-7-15-11-14-5-3-6-17(14)20(19(15)16)25-22(28)26-32(23,29)18-12-24-27-9-4-10-31-21(18)27/h11-13,16H,3-10H2,1-2H3,(H3,23,25,26,28,29). The van der Waals surface area contributed by atoms with Crippen molar-refractivity contribution in [1.82, 2.24) is 14.5 Å². The molecular formula is C22H29N5O4S. The Morgan fingerprint density at radius 1 is 1.34 bits per heavy atom. The lowest BCUT2D eigenvalue weighted by atomic mass is 9.91.